The molecule has 0 bridgehead atoms. The molecule has 1 unspecified atom stereocenters. The van der Waals surface area contributed by atoms with Gasteiger partial charge in [-0.05, 0) is 75.0 Å². The van der Waals surface area contributed by atoms with Crippen LogP contribution in [0.15, 0.2) is 32.5 Å². The summed E-state index contributed by atoms with van der Waals surface area (Å²) in [5.41, 5.74) is 1.64. The van der Waals surface area contributed by atoms with Crippen LogP contribution in [0, 0.1) is 12.7 Å². The van der Waals surface area contributed by atoms with Gasteiger partial charge >= 0.3 is 0 Å². The lowest BCUT2D eigenvalue weighted by Gasteiger charge is -2.18. The summed E-state index contributed by atoms with van der Waals surface area (Å²) in [5, 5.41) is 3.49. The molecule has 1 heterocycles. The fourth-order valence-corrected chi connectivity index (χ4v) is 4.16. The average molecular weight is 421 g/mol. The molecule has 1 aromatic carbocycles. The van der Waals surface area contributed by atoms with E-state index in [9.17, 15) is 4.39 Å². The first-order chi connectivity index (χ1) is 9.52. The van der Waals surface area contributed by atoms with Crippen molar-refractivity contribution < 1.29 is 4.39 Å². The van der Waals surface area contributed by atoms with Crippen molar-refractivity contribution in [3.8, 4) is 0 Å². The van der Waals surface area contributed by atoms with Gasteiger partial charge in [0.25, 0.3) is 0 Å². The molecular formula is C15H16Br2FNS. The third kappa shape index (κ3) is 3.70. The van der Waals surface area contributed by atoms with Crippen LogP contribution >= 0.6 is 43.2 Å². The normalized spacial score (nSPS) is 12.7. The first-order valence-corrected chi connectivity index (χ1v) is 8.87. The number of aryl methyl sites for hydroxylation is 1. The van der Waals surface area contributed by atoms with E-state index in [-0.39, 0.29) is 11.9 Å². The van der Waals surface area contributed by atoms with E-state index in [1.165, 1.54) is 4.88 Å². The topological polar surface area (TPSA) is 12.0 Å². The van der Waals surface area contributed by atoms with E-state index in [0.717, 1.165) is 26.8 Å². The molecule has 0 aliphatic heterocycles. The van der Waals surface area contributed by atoms with E-state index in [1.807, 2.05) is 12.1 Å². The van der Waals surface area contributed by atoms with Crippen molar-refractivity contribution in [3.05, 3.63) is 54.3 Å². The minimum Gasteiger partial charge on any atom is -0.306 e. The highest BCUT2D eigenvalue weighted by molar-refractivity contribution is 9.13. The molecule has 1 atom stereocenters. The zero-order valence-electron chi connectivity index (χ0n) is 11.3. The lowest BCUT2D eigenvalue weighted by molar-refractivity contribution is 0.587. The largest absolute Gasteiger partial charge is 0.306 e. The zero-order chi connectivity index (χ0) is 14.7. The van der Waals surface area contributed by atoms with Gasteiger partial charge in [-0.15, -0.1) is 11.3 Å². The fraction of sp³-hybridized carbons (Fsp3) is 0.333. The van der Waals surface area contributed by atoms with Gasteiger partial charge in [-0.3, -0.25) is 0 Å². The average Bonchev–Trinajstić information content (AvgIpc) is 2.74. The first-order valence-electron chi connectivity index (χ1n) is 6.47. The Labute approximate surface area is 139 Å². The van der Waals surface area contributed by atoms with E-state index in [0.29, 0.717) is 5.56 Å². The van der Waals surface area contributed by atoms with E-state index >= 15 is 0 Å². The highest BCUT2D eigenvalue weighted by Gasteiger charge is 2.18. The molecule has 1 N–H and O–H groups in total. The van der Waals surface area contributed by atoms with Crippen molar-refractivity contribution in [2.24, 2.45) is 0 Å². The van der Waals surface area contributed by atoms with E-state index < -0.39 is 0 Å². The third-order valence-electron chi connectivity index (χ3n) is 3.08. The predicted octanol–water partition coefficient (Wildman–Crippen LogP) is 5.81. The number of halogens is 3. The minimum absolute atomic E-state index is 0.0256. The van der Waals surface area contributed by atoms with Crippen molar-refractivity contribution >= 4 is 43.2 Å². The van der Waals surface area contributed by atoms with Crippen molar-refractivity contribution in [2.45, 2.75) is 26.3 Å². The lowest BCUT2D eigenvalue weighted by Crippen LogP contribution is -2.22. The maximum absolute atomic E-state index is 13.8. The molecule has 1 nitrogen and oxygen atoms in total. The molecule has 0 aliphatic rings. The van der Waals surface area contributed by atoms with Gasteiger partial charge in [-0.1, -0.05) is 19.1 Å². The first kappa shape index (κ1) is 16.1. The molecule has 0 saturated heterocycles. The summed E-state index contributed by atoms with van der Waals surface area (Å²) >= 11 is 8.70. The Morgan fingerprint density at radius 2 is 2.05 bits per heavy atom. The van der Waals surface area contributed by atoms with Gasteiger partial charge in [0, 0.05) is 9.35 Å². The number of benzene rings is 1. The van der Waals surface area contributed by atoms with Crippen molar-refractivity contribution in [3.63, 3.8) is 0 Å². The van der Waals surface area contributed by atoms with Gasteiger partial charge in [-0.2, -0.15) is 0 Å². The van der Waals surface area contributed by atoms with Crippen LogP contribution in [0.4, 0.5) is 4.39 Å². The SMILES string of the molecule is CCCNC(c1ccc(C)c(F)c1)c1cc(Br)c(Br)s1. The molecule has 20 heavy (non-hydrogen) atoms. The van der Waals surface area contributed by atoms with Crippen LogP contribution < -0.4 is 5.32 Å². The zero-order valence-corrected chi connectivity index (χ0v) is 15.3. The summed E-state index contributed by atoms with van der Waals surface area (Å²) in [6, 6.07) is 7.57. The van der Waals surface area contributed by atoms with Gasteiger partial charge in [0.05, 0.1) is 9.83 Å². The minimum atomic E-state index is -0.152. The number of rotatable bonds is 5. The van der Waals surface area contributed by atoms with Crippen LogP contribution in [-0.4, -0.2) is 6.54 Å². The number of hydrogen-bond acceptors (Lipinski definition) is 2. The Kier molecular flexibility index (Phi) is 5.78. The van der Waals surface area contributed by atoms with Gasteiger partial charge in [-0.25, -0.2) is 4.39 Å². The van der Waals surface area contributed by atoms with Crippen molar-refractivity contribution in [1.29, 1.82) is 0 Å². The second kappa shape index (κ2) is 7.16. The second-order valence-electron chi connectivity index (χ2n) is 4.67. The fourth-order valence-electron chi connectivity index (χ4n) is 1.97. The molecule has 0 aliphatic carbocycles. The number of thiophene rings is 1. The van der Waals surface area contributed by atoms with Gasteiger partial charge in [0.1, 0.15) is 5.82 Å². The molecule has 0 fully saturated rings. The molecule has 5 heteroatoms. The van der Waals surface area contributed by atoms with Crippen LogP contribution in [0.3, 0.4) is 0 Å². The molecule has 1 aromatic heterocycles. The van der Waals surface area contributed by atoms with Crippen molar-refractivity contribution in [2.75, 3.05) is 6.54 Å². The van der Waals surface area contributed by atoms with E-state index in [2.05, 4.69) is 50.2 Å². The van der Waals surface area contributed by atoms with E-state index in [1.54, 1.807) is 24.3 Å². The summed E-state index contributed by atoms with van der Waals surface area (Å²) in [6.45, 7) is 4.80. The van der Waals surface area contributed by atoms with Gasteiger partial charge < -0.3 is 5.32 Å². The lowest BCUT2D eigenvalue weighted by atomic mass is 10.0. The molecule has 2 aromatic rings. The molecule has 108 valence electrons. The molecule has 2 rings (SSSR count). The third-order valence-corrected chi connectivity index (χ3v) is 6.40. The summed E-state index contributed by atoms with van der Waals surface area (Å²) in [5.74, 6) is -0.152. The molecule has 0 saturated carbocycles. The van der Waals surface area contributed by atoms with Crippen LogP contribution in [-0.2, 0) is 0 Å². The smallest absolute Gasteiger partial charge is 0.126 e. The van der Waals surface area contributed by atoms with Gasteiger partial charge in [0.2, 0.25) is 0 Å². The number of nitrogens with one attached hydrogen (secondary N) is 1. The summed E-state index contributed by atoms with van der Waals surface area (Å²) in [7, 11) is 0. The Morgan fingerprint density at radius 1 is 1.30 bits per heavy atom. The van der Waals surface area contributed by atoms with Crippen LogP contribution in [0.1, 0.15) is 35.4 Å². The summed E-state index contributed by atoms with van der Waals surface area (Å²) < 4.78 is 15.9. The predicted molar refractivity (Wildman–Crippen MR) is 91.0 cm³/mol. The van der Waals surface area contributed by atoms with Crippen LogP contribution in [0.25, 0.3) is 0 Å². The van der Waals surface area contributed by atoms with Gasteiger partial charge in [0.15, 0.2) is 0 Å². The Bertz CT molecular complexity index is 578. The van der Waals surface area contributed by atoms with Crippen molar-refractivity contribution in [1.82, 2.24) is 5.32 Å². The van der Waals surface area contributed by atoms with Crippen LogP contribution in [0.2, 0.25) is 0 Å². The Morgan fingerprint density at radius 3 is 2.60 bits per heavy atom. The van der Waals surface area contributed by atoms with E-state index in [4.69, 9.17) is 0 Å². The highest BCUT2D eigenvalue weighted by Crippen LogP contribution is 2.37. The molecule has 0 radical (unpaired) electrons. The standard InChI is InChI=1S/C15H16Br2FNS/c1-3-6-19-14(13-8-11(16)15(17)20-13)10-5-4-9(2)12(18)7-10/h4-5,7-8,14,19H,3,6H2,1-2H3. The summed E-state index contributed by atoms with van der Waals surface area (Å²) in [6.07, 6.45) is 1.04. The van der Waals surface area contributed by atoms with Crippen LogP contribution in [0.5, 0.6) is 0 Å². The second-order valence-corrected chi connectivity index (χ2v) is 7.92. The quantitative estimate of drug-likeness (QED) is 0.643. The molecular weight excluding hydrogens is 405 g/mol. The Balaban J connectivity index is 2.38. The maximum atomic E-state index is 13.8. The monoisotopic (exact) mass is 419 g/mol. The number of hydrogen-bond donors (Lipinski definition) is 1. The maximum Gasteiger partial charge on any atom is 0.126 e. The molecule has 0 spiro atoms. The Hall–Kier alpha value is -0.230. The molecule has 0 amide bonds. The summed E-state index contributed by atoms with van der Waals surface area (Å²) in [4.78, 5) is 1.17. The highest BCUT2D eigenvalue weighted by atomic mass is 79.9.